The van der Waals surface area contributed by atoms with Crippen molar-refractivity contribution >= 4 is 11.6 Å². The molecule has 1 rings (SSSR count). The predicted molar refractivity (Wildman–Crippen MR) is 53.5 cm³/mol. The van der Waals surface area contributed by atoms with E-state index in [2.05, 4.69) is 0 Å². The Kier molecular flexibility index (Phi) is 3.28. The molecule has 0 fully saturated rings. The standard InChI is InChI=1S/C10H13ClFN/c1-7(13(2)3)8-4-5-9(11)10(12)6-8/h4-7H,1-3H3. The first kappa shape index (κ1) is 10.5. The summed E-state index contributed by atoms with van der Waals surface area (Å²) in [5.74, 6) is -0.354. The van der Waals surface area contributed by atoms with Gasteiger partial charge in [-0.1, -0.05) is 17.7 Å². The third kappa shape index (κ3) is 2.42. The van der Waals surface area contributed by atoms with Gasteiger partial charge in [0, 0.05) is 6.04 Å². The number of halogens is 2. The van der Waals surface area contributed by atoms with Crippen LogP contribution in [0.1, 0.15) is 18.5 Å². The summed E-state index contributed by atoms with van der Waals surface area (Å²) in [4.78, 5) is 2.02. The monoisotopic (exact) mass is 201 g/mol. The van der Waals surface area contributed by atoms with Crippen molar-refractivity contribution in [3.63, 3.8) is 0 Å². The summed E-state index contributed by atoms with van der Waals surface area (Å²) < 4.78 is 13.1. The molecule has 3 heteroatoms. The molecule has 0 aromatic heterocycles. The van der Waals surface area contributed by atoms with Crippen LogP contribution in [-0.4, -0.2) is 19.0 Å². The largest absolute Gasteiger partial charge is 0.303 e. The molecule has 1 aromatic carbocycles. The molecule has 1 aromatic rings. The average molecular weight is 202 g/mol. The van der Waals surface area contributed by atoms with Gasteiger partial charge in [-0.15, -0.1) is 0 Å². The molecule has 0 aliphatic carbocycles. The van der Waals surface area contributed by atoms with Gasteiger partial charge in [-0.25, -0.2) is 4.39 Å². The van der Waals surface area contributed by atoms with E-state index in [1.807, 2.05) is 32.0 Å². The van der Waals surface area contributed by atoms with Gasteiger partial charge in [0.2, 0.25) is 0 Å². The molecular weight excluding hydrogens is 189 g/mol. The molecule has 0 aliphatic rings. The van der Waals surface area contributed by atoms with E-state index in [1.165, 1.54) is 6.07 Å². The van der Waals surface area contributed by atoms with Crippen LogP contribution in [0.4, 0.5) is 4.39 Å². The molecular formula is C10H13ClFN. The van der Waals surface area contributed by atoms with Gasteiger partial charge >= 0.3 is 0 Å². The normalized spacial score (nSPS) is 13.4. The molecule has 13 heavy (non-hydrogen) atoms. The molecule has 0 heterocycles. The van der Waals surface area contributed by atoms with Gasteiger partial charge in [0.05, 0.1) is 5.02 Å². The third-order valence-electron chi connectivity index (χ3n) is 2.20. The molecule has 0 amide bonds. The SMILES string of the molecule is CC(c1ccc(Cl)c(F)c1)N(C)C. The van der Waals surface area contributed by atoms with Crippen molar-refractivity contribution in [1.29, 1.82) is 0 Å². The number of hydrogen-bond acceptors (Lipinski definition) is 1. The summed E-state index contributed by atoms with van der Waals surface area (Å²) in [5, 5.41) is 0.176. The van der Waals surface area contributed by atoms with Crippen molar-refractivity contribution in [3.8, 4) is 0 Å². The maximum atomic E-state index is 13.1. The summed E-state index contributed by atoms with van der Waals surface area (Å²) in [5.41, 5.74) is 0.937. The zero-order chi connectivity index (χ0) is 10.0. The van der Waals surface area contributed by atoms with Gasteiger partial charge in [0.1, 0.15) is 5.82 Å². The summed E-state index contributed by atoms with van der Waals surface area (Å²) >= 11 is 5.58. The maximum absolute atomic E-state index is 13.1. The lowest BCUT2D eigenvalue weighted by atomic mass is 10.1. The van der Waals surface area contributed by atoms with Crippen LogP contribution in [0.3, 0.4) is 0 Å². The number of rotatable bonds is 2. The molecule has 1 atom stereocenters. The number of hydrogen-bond donors (Lipinski definition) is 0. The van der Waals surface area contributed by atoms with Gasteiger partial charge in [0.15, 0.2) is 0 Å². The number of nitrogens with zero attached hydrogens (tertiary/aromatic N) is 1. The molecule has 0 radical (unpaired) electrons. The summed E-state index contributed by atoms with van der Waals surface area (Å²) in [7, 11) is 3.91. The molecule has 0 aliphatic heterocycles. The highest BCUT2D eigenvalue weighted by Crippen LogP contribution is 2.22. The zero-order valence-corrected chi connectivity index (χ0v) is 8.77. The van der Waals surface area contributed by atoms with Gasteiger partial charge in [0.25, 0.3) is 0 Å². The van der Waals surface area contributed by atoms with E-state index in [0.717, 1.165) is 5.56 Å². The highest BCUT2D eigenvalue weighted by Gasteiger charge is 2.09. The summed E-state index contributed by atoms with van der Waals surface area (Å²) in [6, 6.07) is 5.11. The molecule has 0 bridgehead atoms. The summed E-state index contributed by atoms with van der Waals surface area (Å²) in [6.45, 7) is 2.02. The maximum Gasteiger partial charge on any atom is 0.142 e. The van der Waals surface area contributed by atoms with Crippen molar-refractivity contribution in [1.82, 2.24) is 4.90 Å². The number of benzene rings is 1. The van der Waals surface area contributed by atoms with Gasteiger partial charge in [-0.2, -0.15) is 0 Å². The van der Waals surface area contributed by atoms with Crippen molar-refractivity contribution in [2.45, 2.75) is 13.0 Å². The first-order chi connectivity index (χ1) is 6.02. The zero-order valence-electron chi connectivity index (χ0n) is 8.01. The Hall–Kier alpha value is -0.600. The van der Waals surface area contributed by atoms with E-state index < -0.39 is 0 Å². The molecule has 1 unspecified atom stereocenters. The van der Waals surface area contributed by atoms with E-state index in [-0.39, 0.29) is 16.9 Å². The van der Waals surface area contributed by atoms with Crippen molar-refractivity contribution in [2.75, 3.05) is 14.1 Å². The Morgan fingerprint density at radius 2 is 2.00 bits per heavy atom. The third-order valence-corrected chi connectivity index (χ3v) is 2.51. The van der Waals surface area contributed by atoms with E-state index in [1.54, 1.807) is 6.07 Å². The van der Waals surface area contributed by atoms with Crippen LogP contribution in [0.15, 0.2) is 18.2 Å². The van der Waals surface area contributed by atoms with Crippen LogP contribution in [0.25, 0.3) is 0 Å². The minimum absolute atomic E-state index is 0.176. The molecule has 72 valence electrons. The van der Waals surface area contributed by atoms with Crippen LogP contribution in [0.2, 0.25) is 5.02 Å². The lowest BCUT2D eigenvalue weighted by Crippen LogP contribution is -2.16. The van der Waals surface area contributed by atoms with Gasteiger partial charge in [-0.3, -0.25) is 0 Å². The quantitative estimate of drug-likeness (QED) is 0.711. The first-order valence-corrected chi connectivity index (χ1v) is 4.51. The minimum Gasteiger partial charge on any atom is -0.303 e. The van der Waals surface area contributed by atoms with Crippen molar-refractivity contribution in [2.24, 2.45) is 0 Å². The highest BCUT2D eigenvalue weighted by atomic mass is 35.5. The average Bonchev–Trinajstić information content (AvgIpc) is 2.08. The minimum atomic E-state index is -0.354. The van der Waals surface area contributed by atoms with E-state index in [9.17, 15) is 4.39 Å². The summed E-state index contributed by atoms with van der Waals surface area (Å²) in [6.07, 6.45) is 0. The van der Waals surface area contributed by atoms with Crippen molar-refractivity contribution < 1.29 is 4.39 Å². The Morgan fingerprint density at radius 1 is 1.38 bits per heavy atom. The fraction of sp³-hybridized carbons (Fsp3) is 0.400. The van der Waals surface area contributed by atoms with Gasteiger partial charge in [-0.05, 0) is 38.7 Å². The van der Waals surface area contributed by atoms with E-state index >= 15 is 0 Å². The second-order valence-electron chi connectivity index (χ2n) is 3.31. The smallest absolute Gasteiger partial charge is 0.142 e. The fourth-order valence-electron chi connectivity index (χ4n) is 1.07. The lowest BCUT2D eigenvalue weighted by molar-refractivity contribution is 0.320. The van der Waals surface area contributed by atoms with Crippen LogP contribution < -0.4 is 0 Å². The van der Waals surface area contributed by atoms with Crippen LogP contribution >= 0.6 is 11.6 Å². The second kappa shape index (κ2) is 4.07. The molecule has 0 saturated heterocycles. The second-order valence-corrected chi connectivity index (χ2v) is 3.72. The Labute approximate surface area is 83.1 Å². The highest BCUT2D eigenvalue weighted by molar-refractivity contribution is 6.30. The van der Waals surface area contributed by atoms with E-state index in [4.69, 9.17) is 11.6 Å². The van der Waals surface area contributed by atoms with Crippen LogP contribution in [-0.2, 0) is 0 Å². The van der Waals surface area contributed by atoms with Crippen LogP contribution in [0.5, 0.6) is 0 Å². The Balaban J connectivity index is 2.97. The topological polar surface area (TPSA) is 3.24 Å². The molecule has 0 saturated carbocycles. The predicted octanol–water partition coefficient (Wildman–Crippen LogP) is 3.10. The molecule has 1 nitrogen and oxygen atoms in total. The Bertz CT molecular complexity index is 299. The van der Waals surface area contributed by atoms with Crippen LogP contribution in [0, 0.1) is 5.82 Å². The van der Waals surface area contributed by atoms with Gasteiger partial charge < -0.3 is 4.90 Å². The molecule has 0 N–H and O–H groups in total. The molecule has 0 spiro atoms. The van der Waals surface area contributed by atoms with E-state index in [0.29, 0.717) is 0 Å². The fourth-order valence-corrected chi connectivity index (χ4v) is 1.19. The van der Waals surface area contributed by atoms with Crippen molar-refractivity contribution in [3.05, 3.63) is 34.6 Å². The Morgan fingerprint density at radius 3 is 2.46 bits per heavy atom. The first-order valence-electron chi connectivity index (χ1n) is 4.13. The lowest BCUT2D eigenvalue weighted by Gasteiger charge is -2.20.